The number of rotatable bonds is 6. The van der Waals surface area contributed by atoms with E-state index in [9.17, 15) is 9.90 Å². The van der Waals surface area contributed by atoms with Gasteiger partial charge in [-0.15, -0.1) is 0 Å². The highest BCUT2D eigenvalue weighted by Gasteiger charge is 2.31. The molecule has 6 heteroatoms. The summed E-state index contributed by atoms with van der Waals surface area (Å²) >= 11 is 0. The maximum atomic E-state index is 12.2. The van der Waals surface area contributed by atoms with Crippen molar-refractivity contribution in [3.05, 3.63) is 59.2 Å². The molecular formula is C24H29N3O3. The van der Waals surface area contributed by atoms with Crippen molar-refractivity contribution < 1.29 is 14.6 Å². The molecule has 2 N–H and O–H groups in total. The lowest BCUT2D eigenvalue weighted by molar-refractivity contribution is 0.0954. The summed E-state index contributed by atoms with van der Waals surface area (Å²) in [6.45, 7) is 9.66. The number of methoxy groups -OCH3 is 1. The number of anilines is 1. The van der Waals surface area contributed by atoms with Gasteiger partial charge in [-0.3, -0.25) is 4.79 Å². The zero-order chi connectivity index (χ0) is 21.9. The van der Waals surface area contributed by atoms with Crippen molar-refractivity contribution in [3.8, 4) is 11.5 Å². The molecule has 3 rings (SSSR count). The Kier molecular flexibility index (Phi) is 6.15. The summed E-state index contributed by atoms with van der Waals surface area (Å²) in [6, 6.07) is 10.2. The summed E-state index contributed by atoms with van der Waals surface area (Å²) in [6.07, 6.45) is 4.90. The van der Waals surface area contributed by atoms with E-state index in [1.54, 1.807) is 25.5 Å². The molecule has 2 aromatic rings. The molecular weight excluding hydrogens is 378 g/mol. The predicted molar refractivity (Wildman–Crippen MR) is 122 cm³/mol. The number of hydrogen-bond donors (Lipinski definition) is 2. The van der Waals surface area contributed by atoms with Crippen LogP contribution in [-0.4, -0.2) is 36.4 Å². The van der Waals surface area contributed by atoms with E-state index in [2.05, 4.69) is 49.2 Å². The van der Waals surface area contributed by atoms with Gasteiger partial charge in [-0.05, 0) is 57.0 Å². The Bertz CT molecular complexity index is 1010. The summed E-state index contributed by atoms with van der Waals surface area (Å²) in [5.74, 6) is 0.325. The molecule has 0 fully saturated rings. The third kappa shape index (κ3) is 4.32. The molecule has 0 atom stereocenters. The molecule has 30 heavy (non-hydrogen) atoms. The number of phenolic OH excluding ortho intramolecular Hbond substituents is 1. The number of allylic oxidation sites excluding steroid dienone is 1. The van der Waals surface area contributed by atoms with Crippen molar-refractivity contribution in [2.24, 2.45) is 5.10 Å². The normalized spacial score (nSPS) is 15.0. The average Bonchev–Trinajstić information content (AvgIpc) is 2.70. The number of benzene rings is 2. The molecule has 1 aliphatic heterocycles. The number of nitrogens with zero attached hydrogens (tertiary/aromatic N) is 2. The Morgan fingerprint density at radius 1 is 1.30 bits per heavy atom. The zero-order valence-electron chi connectivity index (χ0n) is 18.2. The Morgan fingerprint density at radius 3 is 2.73 bits per heavy atom. The van der Waals surface area contributed by atoms with Crippen LogP contribution in [0.15, 0.2) is 47.6 Å². The van der Waals surface area contributed by atoms with Crippen molar-refractivity contribution in [3.63, 3.8) is 0 Å². The zero-order valence-corrected chi connectivity index (χ0v) is 18.2. The fraction of sp³-hybridized carbons (Fsp3) is 0.333. The SMILES string of the molecule is CCCN1c2cc(OC)c(/C=N/NC(=O)c3cccc(O)c3)cc2C(C)=CC1(C)C. The highest BCUT2D eigenvalue weighted by molar-refractivity contribution is 5.96. The van der Waals surface area contributed by atoms with Gasteiger partial charge in [0.25, 0.3) is 5.91 Å². The maximum absolute atomic E-state index is 12.2. The number of phenols is 1. The minimum atomic E-state index is -0.397. The standard InChI is InChI=1S/C24H29N3O3/c1-6-10-27-21-13-22(30-5)18(12-20(21)16(2)14-24(27,3)4)15-25-26-23(29)17-8-7-9-19(28)11-17/h7-9,11-15,28H,6,10H2,1-5H3,(H,26,29)/b25-15+. The van der Waals surface area contributed by atoms with E-state index in [1.165, 1.54) is 17.7 Å². The van der Waals surface area contributed by atoms with E-state index in [4.69, 9.17) is 4.74 Å². The minimum Gasteiger partial charge on any atom is -0.508 e. The van der Waals surface area contributed by atoms with Crippen LogP contribution in [-0.2, 0) is 0 Å². The van der Waals surface area contributed by atoms with Crippen LogP contribution in [0, 0.1) is 0 Å². The smallest absolute Gasteiger partial charge is 0.271 e. The number of hydrazone groups is 1. The van der Waals surface area contributed by atoms with Crippen LogP contribution < -0.4 is 15.1 Å². The molecule has 0 saturated heterocycles. The Hall–Kier alpha value is -3.28. The molecule has 0 unspecified atom stereocenters. The molecule has 1 amide bonds. The number of nitrogens with one attached hydrogen (secondary N) is 1. The Morgan fingerprint density at radius 2 is 2.07 bits per heavy atom. The first-order valence-corrected chi connectivity index (χ1v) is 10.1. The third-order valence-corrected chi connectivity index (χ3v) is 5.25. The number of fused-ring (bicyclic) bond motifs is 1. The van der Waals surface area contributed by atoms with E-state index in [0.717, 1.165) is 29.8 Å². The van der Waals surface area contributed by atoms with E-state index in [-0.39, 0.29) is 11.3 Å². The molecule has 0 spiro atoms. The number of hydrogen-bond acceptors (Lipinski definition) is 5. The quantitative estimate of drug-likeness (QED) is 0.543. The summed E-state index contributed by atoms with van der Waals surface area (Å²) in [7, 11) is 1.63. The van der Waals surface area contributed by atoms with Gasteiger partial charge in [-0.25, -0.2) is 5.43 Å². The molecule has 6 nitrogen and oxygen atoms in total. The predicted octanol–water partition coefficient (Wildman–Crippen LogP) is 4.58. The van der Waals surface area contributed by atoms with Crippen molar-refractivity contribution in [1.29, 1.82) is 0 Å². The van der Waals surface area contributed by atoms with Crippen LogP contribution in [0.2, 0.25) is 0 Å². The van der Waals surface area contributed by atoms with Gasteiger partial charge < -0.3 is 14.7 Å². The lowest BCUT2D eigenvalue weighted by Crippen LogP contribution is -2.45. The van der Waals surface area contributed by atoms with Crippen LogP contribution in [0.3, 0.4) is 0 Å². The van der Waals surface area contributed by atoms with Gasteiger partial charge in [-0.2, -0.15) is 5.10 Å². The van der Waals surface area contributed by atoms with E-state index < -0.39 is 5.91 Å². The topological polar surface area (TPSA) is 74.2 Å². The van der Waals surface area contributed by atoms with Gasteiger partial charge in [0.15, 0.2) is 0 Å². The molecule has 0 bridgehead atoms. The average molecular weight is 408 g/mol. The second kappa shape index (κ2) is 8.61. The van der Waals surface area contributed by atoms with Crippen molar-refractivity contribution in [2.75, 3.05) is 18.6 Å². The fourth-order valence-corrected chi connectivity index (χ4v) is 3.90. The Labute approximate surface area is 177 Å². The molecule has 2 aromatic carbocycles. The second-order valence-electron chi connectivity index (χ2n) is 7.99. The van der Waals surface area contributed by atoms with Crippen molar-refractivity contribution in [2.45, 2.75) is 39.7 Å². The maximum Gasteiger partial charge on any atom is 0.271 e. The van der Waals surface area contributed by atoms with Gasteiger partial charge in [0.2, 0.25) is 0 Å². The van der Waals surface area contributed by atoms with Crippen LogP contribution in [0.4, 0.5) is 5.69 Å². The molecule has 158 valence electrons. The van der Waals surface area contributed by atoms with Gasteiger partial charge in [-0.1, -0.05) is 19.1 Å². The second-order valence-corrected chi connectivity index (χ2v) is 7.99. The summed E-state index contributed by atoms with van der Waals surface area (Å²) in [4.78, 5) is 14.6. The fourth-order valence-electron chi connectivity index (χ4n) is 3.90. The first kappa shape index (κ1) is 21.4. The number of aromatic hydroxyl groups is 1. The lowest BCUT2D eigenvalue weighted by Gasteiger charge is -2.43. The van der Waals surface area contributed by atoms with Crippen LogP contribution in [0.1, 0.15) is 55.6 Å². The molecule has 0 aromatic heterocycles. The van der Waals surface area contributed by atoms with Gasteiger partial charge in [0, 0.05) is 35.0 Å². The monoisotopic (exact) mass is 407 g/mol. The molecule has 0 saturated carbocycles. The summed E-state index contributed by atoms with van der Waals surface area (Å²) in [5, 5.41) is 13.6. The number of ether oxygens (including phenoxy) is 1. The highest BCUT2D eigenvalue weighted by Crippen LogP contribution is 2.41. The number of carbonyl (C=O) groups excluding carboxylic acids is 1. The van der Waals surface area contributed by atoms with E-state index >= 15 is 0 Å². The van der Waals surface area contributed by atoms with Crippen LogP contribution >= 0.6 is 0 Å². The van der Waals surface area contributed by atoms with E-state index in [1.807, 2.05) is 12.1 Å². The first-order chi connectivity index (χ1) is 14.3. The van der Waals surface area contributed by atoms with Gasteiger partial charge >= 0.3 is 0 Å². The molecule has 0 radical (unpaired) electrons. The number of amides is 1. The third-order valence-electron chi connectivity index (χ3n) is 5.25. The molecule has 0 aliphatic carbocycles. The van der Waals surface area contributed by atoms with Gasteiger partial charge in [0.05, 0.1) is 18.9 Å². The molecule has 1 aliphatic rings. The van der Waals surface area contributed by atoms with Crippen molar-refractivity contribution >= 4 is 23.4 Å². The lowest BCUT2D eigenvalue weighted by atomic mass is 9.87. The minimum absolute atomic E-state index is 0.0322. The first-order valence-electron chi connectivity index (χ1n) is 10.1. The van der Waals surface area contributed by atoms with Crippen molar-refractivity contribution in [1.82, 2.24) is 5.43 Å². The Balaban J connectivity index is 1.90. The highest BCUT2D eigenvalue weighted by atomic mass is 16.5. The van der Waals surface area contributed by atoms with Gasteiger partial charge in [0.1, 0.15) is 11.5 Å². The number of carbonyl (C=O) groups is 1. The van der Waals surface area contributed by atoms with Crippen LogP contribution in [0.5, 0.6) is 11.5 Å². The largest absolute Gasteiger partial charge is 0.508 e. The van der Waals surface area contributed by atoms with Crippen LogP contribution in [0.25, 0.3) is 5.57 Å². The summed E-state index contributed by atoms with van der Waals surface area (Å²) in [5.41, 5.74) is 6.99. The summed E-state index contributed by atoms with van der Waals surface area (Å²) < 4.78 is 5.62. The van der Waals surface area contributed by atoms with E-state index in [0.29, 0.717) is 11.3 Å². The molecule has 1 heterocycles.